The highest BCUT2D eigenvalue weighted by molar-refractivity contribution is 5.88. The molecule has 2 aromatic rings. The van der Waals surface area contributed by atoms with Gasteiger partial charge in [-0.05, 0) is 17.1 Å². The lowest BCUT2D eigenvalue weighted by molar-refractivity contribution is -0.389. The molecule has 0 bridgehead atoms. The Morgan fingerprint density at radius 3 is 2.61 bits per heavy atom. The summed E-state index contributed by atoms with van der Waals surface area (Å²) in [6, 6.07) is 9.72. The lowest BCUT2D eigenvalue weighted by atomic mass is 10.3. The third-order valence-corrected chi connectivity index (χ3v) is 2.28. The van der Waals surface area contributed by atoms with Gasteiger partial charge in [-0.1, -0.05) is 18.2 Å². The minimum absolute atomic E-state index is 0.00963. The van der Waals surface area contributed by atoms with Crippen LogP contribution in [0.15, 0.2) is 36.4 Å². The Balaban J connectivity index is 2.58. The van der Waals surface area contributed by atoms with Gasteiger partial charge in [0.2, 0.25) is 0 Å². The zero-order chi connectivity index (χ0) is 13.1. The molecule has 0 unspecified atom stereocenters. The standard InChI is InChI=1S/C11H9N3O4/c1-18-11(15)9-7-10(14(16)17)12-13(9)8-5-3-2-4-6-8/h2-7H,1H3. The van der Waals surface area contributed by atoms with Gasteiger partial charge >= 0.3 is 11.8 Å². The molecule has 1 aromatic heterocycles. The summed E-state index contributed by atoms with van der Waals surface area (Å²) in [6.45, 7) is 0. The van der Waals surface area contributed by atoms with E-state index in [0.717, 1.165) is 6.07 Å². The summed E-state index contributed by atoms with van der Waals surface area (Å²) >= 11 is 0. The molecule has 0 radical (unpaired) electrons. The van der Waals surface area contributed by atoms with Crippen molar-refractivity contribution in [3.63, 3.8) is 0 Å². The number of carbonyl (C=O) groups excluding carboxylic acids is 1. The van der Waals surface area contributed by atoms with Gasteiger partial charge in [-0.25, -0.2) is 4.79 Å². The maximum atomic E-state index is 11.5. The number of ether oxygens (including phenoxy) is 1. The van der Waals surface area contributed by atoms with Crippen molar-refractivity contribution in [2.75, 3.05) is 7.11 Å². The first kappa shape index (κ1) is 11.8. The van der Waals surface area contributed by atoms with Crippen molar-refractivity contribution < 1.29 is 14.5 Å². The molecule has 0 spiro atoms. The number of nitrogens with zero attached hydrogens (tertiary/aromatic N) is 3. The van der Waals surface area contributed by atoms with Crippen LogP contribution in [0.5, 0.6) is 0 Å². The molecule has 1 aromatic carbocycles. The molecule has 0 amide bonds. The molecule has 0 aliphatic rings. The molecule has 0 saturated heterocycles. The van der Waals surface area contributed by atoms with E-state index in [1.165, 1.54) is 11.8 Å². The molecule has 92 valence electrons. The fourth-order valence-corrected chi connectivity index (χ4v) is 1.47. The third kappa shape index (κ3) is 2.05. The fourth-order valence-electron chi connectivity index (χ4n) is 1.47. The van der Waals surface area contributed by atoms with E-state index in [2.05, 4.69) is 9.84 Å². The molecule has 0 atom stereocenters. The van der Waals surface area contributed by atoms with Crippen LogP contribution in [0.3, 0.4) is 0 Å². The number of hydrogen-bond donors (Lipinski definition) is 0. The molecule has 1 heterocycles. The molecule has 0 aliphatic carbocycles. The Labute approximate surface area is 102 Å². The minimum Gasteiger partial charge on any atom is -0.464 e. The molecular weight excluding hydrogens is 238 g/mol. The second-order valence-electron chi connectivity index (χ2n) is 3.38. The number of rotatable bonds is 3. The lowest BCUT2D eigenvalue weighted by Gasteiger charge is -2.00. The molecule has 18 heavy (non-hydrogen) atoms. The second kappa shape index (κ2) is 4.66. The fraction of sp³-hybridized carbons (Fsp3) is 0.0909. The molecule has 0 saturated carbocycles. The van der Waals surface area contributed by atoms with Gasteiger partial charge in [-0.15, -0.1) is 4.68 Å². The zero-order valence-corrected chi connectivity index (χ0v) is 9.44. The van der Waals surface area contributed by atoms with Crippen LogP contribution in [0.1, 0.15) is 10.5 Å². The Kier molecular flexibility index (Phi) is 3.05. The maximum Gasteiger partial charge on any atom is 0.391 e. The predicted octanol–water partition coefficient (Wildman–Crippen LogP) is 1.57. The van der Waals surface area contributed by atoms with Crippen LogP contribution in [-0.2, 0) is 4.74 Å². The molecule has 7 heteroatoms. The molecule has 0 fully saturated rings. The van der Waals surface area contributed by atoms with Crippen LogP contribution in [-0.4, -0.2) is 27.8 Å². The van der Waals surface area contributed by atoms with Gasteiger partial charge in [-0.2, -0.15) is 0 Å². The van der Waals surface area contributed by atoms with E-state index in [1.54, 1.807) is 30.3 Å². The van der Waals surface area contributed by atoms with E-state index >= 15 is 0 Å². The molecule has 2 rings (SSSR count). The molecule has 0 aliphatic heterocycles. The average molecular weight is 247 g/mol. The van der Waals surface area contributed by atoms with Crippen molar-refractivity contribution in [3.8, 4) is 5.69 Å². The van der Waals surface area contributed by atoms with Crippen LogP contribution in [0.25, 0.3) is 5.69 Å². The number of para-hydroxylation sites is 1. The summed E-state index contributed by atoms with van der Waals surface area (Å²) in [7, 11) is 1.20. The van der Waals surface area contributed by atoms with Gasteiger partial charge in [-0.3, -0.25) is 0 Å². The second-order valence-corrected chi connectivity index (χ2v) is 3.38. The van der Waals surface area contributed by atoms with Gasteiger partial charge in [0, 0.05) is 0 Å². The van der Waals surface area contributed by atoms with E-state index < -0.39 is 16.7 Å². The average Bonchev–Trinajstić information content (AvgIpc) is 2.84. The van der Waals surface area contributed by atoms with Gasteiger partial charge < -0.3 is 14.9 Å². The molecule has 0 N–H and O–H groups in total. The van der Waals surface area contributed by atoms with Crippen molar-refractivity contribution in [2.45, 2.75) is 0 Å². The van der Waals surface area contributed by atoms with E-state index in [9.17, 15) is 14.9 Å². The first-order chi connectivity index (χ1) is 8.63. The third-order valence-electron chi connectivity index (χ3n) is 2.28. The van der Waals surface area contributed by atoms with Crippen molar-refractivity contribution in [1.29, 1.82) is 0 Å². The summed E-state index contributed by atoms with van der Waals surface area (Å²) in [4.78, 5) is 21.6. The smallest absolute Gasteiger partial charge is 0.391 e. The topological polar surface area (TPSA) is 87.3 Å². The van der Waals surface area contributed by atoms with E-state index in [4.69, 9.17) is 0 Å². The highest BCUT2D eigenvalue weighted by atomic mass is 16.6. The lowest BCUT2D eigenvalue weighted by Crippen LogP contribution is -2.10. The molecular formula is C11H9N3O4. The highest BCUT2D eigenvalue weighted by Gasteiger charge is 2.24. The summed E-state index contributed by atoms with van der Waals surface area (Å²) in [5, 5.41) is 14.5. The minimum atomic E-state index is -0.681. The number of hydrogen-bond acceptors (Lipinski definition) is 5. The quantitative estimate of drug-likeness (QED) is 0.466. The first-order valence-corrected chi connectivity index (χ1v) is 5.01. The van der Waals surface area contributed by atoms with E-state index in [-0.39, 0.29) is 5.69 Å². The SMILES string of the molecule is COC(=O)c1cc([N+](=O)[O-])nn1-c1ccccc1. The van der Waals surface area contributed by atoms with Gasteiger partial charge in [0.15, 0.2) is 5.69 Å². The number of methoxy groups -OCH3 is 1. The van der Waals surface area contributed by atoms with Crippen LogP contribution < -0.4 is 0 Å². The first-order valence-electron chi connectivity index (χ1n) is 5.01. The van der Waals surface area contributed by atoms with Crippen LogP contribution in [0.2, 0.25) is 0 Å². The molecule has 7 nitrogen and oxygen atoms in total. The monoisotopic (exact) mass is 247 g/mol. The largest absolute Gasteiger partial charge is 0.464 e. The maximum absolute atomic E-state index is 11.5. The van der Waals surface area contributed by atoms with E-state index in [0.29, 0.717) is 5.69 Å². The van der Waals surface area contributed by atoms with Crippen molar-refractivity contribution in [2.24, 2.45) is 0 Å². The van der Waals surface area contributed by atoms with E-state index in [1.807, 2.05) is 0 Å². The summed E-state index contributed by atoms with van der Waals surface area (Å²) in [6.07, 6.45) is 0. The highest BCUT2D eigenvalue weighted by Crippen LogP contribution is 2.17. The number of nitro groups is 1. The number of carbonyl (C=O) groups is 1. The summed E-state index contributed by atoms with van der Waals surface area (Å²) in [5.41, 5.74) is 0.557. The number of esters is 1. The van der Waals surface area contributed by atoms with Gasteiger partial charge in [0.1, 0.15) is 0 Å². The van der Waals surface area contributed by atoms with Crippen molar-refractivity contribution >= 4 is 11.8 Å². The van der Waals surface area contributed by atoms with Crippen molar-refractivity contribution in [3.05, 3.63) is 52.2 Å². The number of aromatic nitrogens is 2. The van der Waals surface area contributed by atoms with Gasteiger partial charge in [0.05, 0.1) is 24.0 Å². The normalized spacial score (nSPS) is 10.1. The Morgan fingerprint density at radius 1 is 1.39 bits per heavy atom. The van der Waals surface area contributed by atoms with Crippen LogP contribution in [0.4, 0.5) is 5.82 Å². The predicted molar refractivity (Wildman–Crippen MR) is 61.6 cm³/mol. The Hall–Kier alpha value is -2.70. The van der Waals surface area contributed by atoms with Crippen molar-refractivity contribution in [1.82, 2.24) is 9.78 Å². The Morgan fingerprint density at radius 2 is 2.06 bits per heavy atom. The number of benzene rings is 1. The summed E-state index contributed by atoms with van der Waals surface area (Å²) < 4.78 is 5.75. The zero-order valence-electron chi connectivity index (χ0n) is 9.44. The van der Waals surface area contributed by atoms with Gasteiger partial charge in [0.25, 0.3) is 0 Å². The summed E-state index contributed by atoms with van der Waals surface area (Å²) in [5.74, 6) is -1.08. The van der Waals surface area contributed by atoms with Crippen LogP contribution in [0, 0.1) is 10.1 Å². The van der Waals surface area contributed by atoms with Crippen LogP contribution >= 0.6 is 0 Å². The Bertz CT molecular complexity index is 592.